The molecule has 0 atom stereocenters. The first kappa shape index (κ1) is 18.1. The van der Waals surface area contributed by atoms with Gasteiger partial charge in [-0.15, -0.1) is 0 Å². The van der Waals surface area contributed by atoms with Crippen LogP contribution in [0.2, 0.25) is 0 Å². The molecule has 7 nitrogen and oxygen atoms in total. The van der Waals surface area contributed by atoms with Crippen molar-refractivity contribution < 1.29 is 19.1 Å². The van der Waals surface area contributed by atoms with Crippen molar-refractivity contribution in [3.8, 4) is 11.5 Å². The van der Waals surface area contributed by atoms with Crippen molar-refractivity contribution in [2.45, 2.75) is 26.7 Å². The molecule has 1 heterocycles. The van der Waals surface area contributed by atoms with Crippen LogP contribution in [0.1, 0.15) is 26.7 Å². The molecule has 0 bridgehead atoms. The van der Waals surface area contributed by atoms with E-state index in [0.717, 1.165) is 25.9 Å². The molecule has 3 amide bonds. The largest absolute Gasteiger partial charge is 0.490 e. The molecular weight excluding hydrogens is 310 g/mol. The molecule has 132 valence electrons. The van der Waals surface area contributed by atoms with Crippen LogP contribution in [0.3, 0.4) is 0 Å². The van der Waals surface area contributed by atoms with E-state index in [-0.39, 0.29) is 12.5 Å². The summed E-state index contributed by atoms with van der Waals surface area (Å²) in [5.74, 6) is 0.876. The zero-order chi connectivity index (χ0) is 17.4. The summed E-state index contributed by atoms with van der Waals surface area (Å²) in [6.45, 7) is 6.85. The molecule has 0 radical (unpaired) electrons. The Balaban J connectivity index is 1.90. The van der Waals surface area contributed by atoms with Crippen LogP contribution in [0.25, 0.3) is 0 Å². The van der Waals surface area contributed by atoms with Gasteiger partial charge in [-0.05, 0) is 51.9 Å². The number of nitrogens with zero attached hydrogens (tertiary/aromatic N) is 1. The number of hydrogen-bond acceptors (Lipinski definition) is 5. The van der Waals surface area contributed by atoms with Crippen molar-refractivity contribution in [1.82, 2.24) is 10.2 Å². The molecule has 1 aliphatic rings. The van der Waals surface area contributed by atoms with Crippen LogP contribution >= 0.6 is 0 Å². The Labute approximate surface area is 142 Å². The van der Waals surface area contributed by atoms with Crippen LogP contribution in [-0.2, 0) is 4.79 Å². The predicted molar refractivity (Wildman–Crippen MR) is 91.6 cm³/mol. The van der Waals surface area contributed by atoms with Gasteiger partial charge >= 0.3 is 6.03 Å². The van der Waals surface area contributed by atoms with Gasteiger partial charge in [0.05, 0.1) is 19.8 Å². The third-order valence-electron chi connectivity index (χ3n) is 3.62. The minimum atomic E-state index is -0.550. The first-order valence-electron chi connectivity index (χ1n) is 8.35. The van der Waals surface area contributed by atoms with Gasteiger partial charge in [0.25, 0.3) is 0 Å². The molecule has 1 aromatic carbocycles. The van der Waals surface area contributed by atoms with Crippen molar-refractivity contribution in [2.75, 3.05) is 38.2 Å². The van der Waals surface area contributed by atoms with Gasteiger partial charge in [-0.1, -0.05) is 0 Å². The van der Waals surface area contributed by atoms with Crippen LogP contribution in [0, 0.1) is 0 Å². The maximum atomic E-state index is 11.9. The van der Waals surface area contributed by atoms with Crippen LogP contribution in [-0.4, -0.2) is 49.7 Å². The fraction of sp³-hybridized carbons (Fsp3) is 0.529. The fourth-order valence-corrected chi connectivity index (χ4v) is 2.60. The number of hydrogen-bond donors (Lipinski definition) is 2. The van der Waals surface area contributed by atoms with Crippen molar-refractivity contribution >= 4 is 17.6 Å². The number of amides is 3. The lowest BCUT2D eigenvalue weighted by Crippen LogP contribution is -2.41. The molecule has 24 heavy (non-hydrogen) atoms. The Hall–Kier alpha value is -2.28. The zero-order valence-corrected chi connectivity index (χ0v) is 14.3. The second kappa shape index (κ2) is 9.12. The number of likely N-dealkylation sites (tertiary alicyclic amines) is 1. The smallest absolute Gasteiger partial charge is 0.325 e. The molecule has 1 aromatic rings. The summed E-state index contributed by atoms with van der Waals surface area (Å²) in [6, 6.07) is 4.57. The Morgan fingerprint density at radius 1 is 1.08 bits per heavy atom. The van der Waals surface area contributed by atoms with E-state index < -0.39 is 6.03 Å². The minimum absolute atomic E-state index is 0.251. The Morgan fingerprint density at radius 3 is 2.42 bits per heavy atom. The molecule has 0 saturated carbocycles. The maximum Gasteiger partial charge on any atom is 0.325 e. The lowest BCUT2D eigenvalue weighted by atomic mass is 10.2. The SMILES string of the molecule is CCOc1ccc(NC(=O)NC(=O)CN2CCCC2)cc1OCC. The summed E-state index contributed by atoms with van der Waals surface area (Å²) in [6.07, 6.45) is 2.21. The third-order valence-corrected chi connectivity index (χ3v) is 3.62. The average Bonchev–Trinajstić information content (AvgIpc) is 3.03. The Bertz CT molecular complexity index is 571. The molecular formula is C17H25N3O4. The van der Waals surface area contributed by atoms with Gasteiger partial charge in [0, 0.05) is 11.8 Å². The highest BCUT2D eigenvalue weighted by molar-refractivity contribution is 6.01. The molecule has 2 N–H and O–H groups in total. The van der Waals surface area contributed by atoms with E-state index in [1.165, 1.54) is 0 Å². The lowest BCUT2D eigenvalue weighted by Gasteiger charge is -2.15. The second-order valence-electron chi connectivity index (χ2n) is 5.51. The van der Waals surface area contributed by atoms with Crippen molar-refractivity contribution in [1.29, 1.82) is 0 Å². The lowest BCUT2D eigenvalue weighted by molar-refractivity contribution is -0.120. The number of nitrogens with one attached hydrogen (secondary N) is 2. The first-order valence-corrected chi connectivity index (χ1v) is 8.35. The van der Waals surface area contributed by atoms with E-state index in [4.69, 9.17) is 9.47 Å². The molecule has 1 fully saturated rings. The van der Waals surface area contributed by atoms with Crippen LogP contribution < -0.4 is 20.1 Å². The Morgan fingerprint density at radius 2 is 1.75 bits per heavy atom. The molecule has 0 aromatic heterocycles. The van der Waals surface area contributed by atoms with E-state index in [0.29, 0.717) is 30.4 Å². The van der Waals surface area contributed by atoms with E-state index >= 15 is 0 Å². The fourth-order valence-electron chi connectivity index (χ4n) is 2.60. The van der Waals surface area contributed by atoms with Crippen molar-refractivity contribution in [3.63, 3.8) is 0 Å². The Kier molecular flexibility index (Phi) is 6.87. The van der Waals surface area contributed by atoms with E-state index in [1.807, 2.05) is 18.7 Å². The van der Waals surface area contributed by atoms with E-state index in [2.05, 4.69) is 10.6 Å². The molecule has 0 unspecified atom stereocenters. The maximum absolute atomic E-state index is 11.9. The number of rotatable bonds is 7. The average molecular weight is 335 g/mol. The van der Waals surface area contributed by atoms with Gasteiger partial charge in [0.1, 0.15) is 0 Å². The van der Waals surface area contributed by atoms with Gasteiger partial charge in [-0.2, -0.15) is 0 Å². The molecule has 1 aliphatic heterocycles. The van der Waals surface area contributed by atoms with Gasteiger partial charge in [0.2, 0.25) is 5.91 Å². The standard InChI is InChI=1S/C17H25N3O4/c1-3-23-14-8-7-13(11-15(14)24-4-2)18-17(22)19-16(21)12-20-9-5-6-10-20/h7-8,11H,3-6,9-10,12H2,1-2H3,(H2,18,19,21,22). The van der Waals surface area contributed by atoms with E-state index in [9.17, 15) is 9.59 Å². The predicted octanol–water partition coefficient (Wildman–Crippen LogP) is 2.23. The second-order valence-corrected chi connectivity index (χ2v) is 5.51. The number of anilines is 1. The molecule has 0 spiro atoms. The van der Waals surface area contributed by atoms with E-state index in [1.54, 1.807) is 18.2 Å². The number of urea groups is 1. The zero-order valence-electron chi connectivity index (χ0n) is 14.3. The monoisotopic (exact) mass is 335 g/mol. The van der Waals surface area contributed by atoms with Crippen molar-refractivity contribution in [2.24, 2.45) is 0 Å². The quantitative estimate of drug-likeness (QED) is 0.799. The van der Waals surface area contributed by atoms with Crippen molar-refractivity contribution in [3.05, 3.63) is 18.2 Å². The number of ether oxygens (including phenoxy) is 2. The summed E-state index contributed by atoms with van der Waals surface area (Å²) in [7, 11) is 0. The first-order chi connectivity index (χ1) is 11.6. The molecule has 0 aliphatic carbocycles. The van der Waals surface area contributed by atoms with Gasteiger partial charge < -0.3 is 14.8 Å². The summed E-state index contributed by atoms with van der Waals surface area (Å²) >= 11 is 0. The number of carbonyl (C=O) groups excluding carboxylic acids is 2. The van der Waals surface area contributed by atoms with Gasteiger partial charge in [-0.3, -0.25) is 15.0 Å². The normalized spacial score (nSPS) is 14.2. The van der Waals surface area contributed by atoms with Crippen LogP contribution in [0.15, 0.2) is 18.2 Å². The molecule has 1 saturated heterocycles. The minimum Gasteiger partial charge on any atom is -0.490 e. The summed E-state index contributed by atoms with van der Waals surface area (Å²) in [5.41, 5.74) is 0.536. The molecule has 2 rings (SSSR count). The number of benzene rings is 1. The summed E-state index contributed by atoms with van der Waals surface area (Å²) < 4.78 is 11.0. The van der Waals surface area contributed by atoms with Gasteiger partial charge in [-0.25, -0.2) is 4.79 Å². The topological polar surface area (TPSA) is 79.9 Å². The highest BCUT2D eigenvalue weighted by Crippen LogP contribution is 2.30. The van der Waals surface area contributed by atoms with Crippen LogP contribution in [0.4, 0.5) is 10.5 Å². The number of carbonyl (C=O) groups is 2. The highest BCUT2D eigenvalue weighted by Gasteiger charge is 2.17. The molecule has 7 heteroatoms. The van der Waals surface area contributed by atoms with Gasteiger partial charge in [0.15, 0.2) is 11.5 Å². The number of imide groups is 1. The highest BCUT2D eigenvalue weighted by atomic mass is 16.5. The van der Waals surface area contributed by atoms with Crippen LogP contribution in [0.5, 0.6) is 11.5 Å². The summed E-state index contributed by atoms with van der Waals surface area (Å²) in [4.78, 5) is 25.8. The summed E-state index contributed by atoms with van der Waals surface area (Å²) in [5, 5.41) is 4.98. The third kappa shape index (κ3) is 5.42.